The molecule has 4 nitrogen and oxygen atoms in total. The van der Waals surface area contributed by atoms with E-state index in [0.717, 1.165) is 15.2 Å². The van der Waals surface area contributed by atoms with Gasteiger partial charge in [-0.2, -0.15) is 0 Å². The molecule has 0 saturated heterocycles. The van der Waals surface area contributed by atoms with Crippen LogP contribution in [0.1, 0.15) is 0 Å². The van der Waals surface area contributed by atoms with E-state index in [-0.39, 0.29) is 6.03 Å². The lowest BCUT2D eigenvalue weighted by Crippen LogP contribution is -2.27. The number of urea groups is 1. The molecule has 94 valence electrons. The maximum absolute atomic E-state index is 11.6. The molecule has 2 aromatic carbocycles. The van der Waals surface area contributed by atoms with Crippen molar-refractivity contribution in [3.8, 4) is 0 Å². The summed E-state index contributed by atoms with van der Waals surface area (Å²) in [6, 6.07) is 9.39. The van der Waals surface area contributed by atoms with Crippen LogP contribution in [-0.2, 0) is 0 Å². The van der Waals surface area contributed by atoms with Crippen molar-refractivity contribution in [1.29, 1.82) is 0 Å². The molecule has 0 aliphatic rings. The average Bonchev–Trinajstić information content (AvgIpc) is 2.32. The van der Waals surface area contributed by atoms with Crippen LogP contribution in [0.25, 0.3) is 10.8 Å². The molecule has 0 heterocycles. The third kappa shape index (κ3) is 2.41. The molecule has 5 heteroatoms. The highest BCUT2D eigenvalue weighted by atomic mass is 79.9. The zero-order chi connectivity index (χ0) is 13.3. The Hall–Kier alpha value is -1.75. The Balaban J connectivity index is 2.45. The van der Waals surface area contributed by atoms with Gasteiger partial charge >= 0.3 is 6.03 Å². The first-order valence-corrected chi connectivity index (χ1v) is 6.24. The van der Waals surface area contributed by atoms with Gasteiger partial charge in [0.05, 0.1) is 11.4 Å². The molecule has 3 N–H and O–H groups in total. The zero-order valence-corrected chi connectivity index (χ0v) is 11.8. The summed E-state index contributed by atoms with van der Waals surface area (Å²) in [5.74, 6) is 0. The number of halogens is 1. The van der Waals surface area contributed by atoms with E-state index in [4.69, 9.17) is 5.73 Å². The minimum absolute atomic E-state index is 0.196. The first-order valence-electron chi connectivity index (χ1n) is 5.45. The maximum atomic E-state index is 11.6. The van der Waals surface area contributed by atoms with E-state index < -0.39 is 0 Å². The van der Waals surface area contributed by atoms with Gasteiger partial charge in [-0.1, -0.05) is 28.1 Å². The molecule has 0 atom stereocenters. The largest absolute Gasteiger partial charge is 0.397 e. The quantitative estimate of drug-likeness (QED) is 0.794. The lowest BCUT2D eigenvalue weighted by Gasteiger charge is -2.14. The van der Waals surface area contributed by atoms with Crippen LogP contribution >= 0.6 is 15.9 Å². The summed E-state index contributed by atoms with van der Waals surface area (Å²) >= 11 is 3.42. The van der Waals surface area contributed by atoms with Crippen molar-refractivity contribution >= 4 is 44.1 Å². The summed E-state index contributed by atoms with van der Waals surface area (Å²) in [6.45, 7) is 0. The highest BCUT2D eigenvalue weighted by Gasteiger charge is 2.09. The number of benzene rings is 2. The van der Waals surface area contributed by atoms with Gasteiger partial charge in [0.1, 0.15) is 0 Å². The fourth-order valence-electron chi connectivity index (χ4n) is 1.66. The molecular formula is C13H14BrN3O. The van der Waals surface area contributed by atoms with Gasteiger partial charge in [-0.15, -0.1) is 0 Å². The first-order chi connectivity index (χ1) is 8.49. The third-order valence-corrected chi connectivity index (χ3v) is 3.16. The van der Waals surface area contributed by atoms with E-state index in [9.17, 15) is 4.79 Å². The number of nitrogens with zero attached hydrogens (tertiary/aromatic N) is 1. The van der Waals surface area contributed by atoms with Crippen LogP contribution in [0.15, 0.2) is 34.8 Å². The lowest BCUT2D eigenvalue weighted by molar-refractivity contribution is 0.230. The van der Waals surface area contributed by atoms with Crippen LogP contribution in [0.2, 0.25) is 0 Å². The maximum Gasteiger partial charge on any atom is 0.321 e. The Kier molecular flexibility index (Phi) is 3.43. The molecule has 0 aliphatic carbocycles. The van der Waals surface area contributed by atoms with E-state index in [1.807, 2.05) is 30.3 Å². The van der Waals surface area contributed by atoms with Gasteiger partial charge in [0.25, 0.3) is 0 Å². The van der Waals surface area contributed by atoms with Gasteiger partial charge in [0, 0.05) is 24.0 Å². The Morgan fingerprint density at radius 3 is 2.67 bits per heavy atom. The van der Waals surface area contributed by atoms with E-state index in [0.29, 0.717) is 11.4 Å². The number of carbonyl (C=O) groups is 1. The van der Waals surface area contributed by atoms with Gasteiger partial charge in [0.15, 0.2) is 0 Å². The molecule has 0 fully saturated rings. The van der Waals surface area contributed by atoms with E-state index >= 15 is 0 Å². The van der Waals surface area contributed by atoms with Crippen LogP contribution in [-0.4, -0.2) is 25.0 Å². The summed E-state index contributed by atoms with van der Waals surface area (Å²) in [5, 5.41) is 4.72. The smallest absolute Gasteiger partial charge is 0.321 e. The number of fused-ring (bicyclic) bond motifs is 1. The number of anilines is 2. The number of nitrogen functional groups attached to an aromatic ring is 1. The van der Waals surface area contributed by atoms with Crippen molar-refractivity contribution < 1.29 is 4.79 Å². The summed E-state index contributed by atoms with van der Waals surface area (Å²) in [6.07, 6.45) is 0. The SMILES string of the molecule is CN(C)C(=O)Nc1ccc2cc(Br)ccc2c1N. The van der Waals surface area contributed by atoms with E-state index in [1.54, 1.807) is 14.1 Å². The third-order valence-electron chi connectivity index (χ3n) is 2.67. The number of hydrogen-bond acceptors (Lipinski definition) is 2. The zero-order valence-electron chi connectivity index (χ0n) is 10.2. The number of amides is 2. The number of nitrogens with two attached hydrogens (primary N) is 1. The average molecular weight is 308 g/mol. The Morgan fingerprint density at radius 2 is 2.00 bits per heavy atom. The van der Waals surface area contributed by atoms with Gasteiger partial charge in [-0.05, 0) is 23.6 Å². The van der Waals surface area contributed by atoms with Crippen LogP contribution in [0.5, 0.6) is 0 Å². The fourth-order valence-corrected chi connectivity index (χ4v) is 2.04. The van der Waals surface area contributed by atoms with Crippen molar-refractivity contribution in [2.45, 2.75) is 0 Å². The molecule has 2 aromatic rings. The van der Waals surface area contributed by atoms with Crippen LogP contribution in [0, 0.1) is 0 Å². The van der Waals surface area contributed by atoms with E-state index in [2.05, 4.69) is 21.2 Å². The summed E-state index contributed by atoms with van der Waals surface area (Å²) < 4.78 is 1.000. The van der Waals surface area contributed by atoms with Crippen LogP contribution in [0.4, 0.5) is 16.2 Å². The highest BCUT2D eigenvalue weighted by molar-refractivity contribution is 9.10. The molecule has 2 amide bonds. The van der Waals surface area contributed by atoms with Crippen LogP contribution in [0.3, 0.4) is 0 Å². The molecule has 0 saturated carbocycles. The number of carbonyl (C=O) groups excluding carboxylic acids is 1. The Morgan fingerprint density at radius 1 is 1.28 bits per heavy atom. The lowest BCUT2D eigenvalue weighted by atomic mass is 10.1. The molecule has 0 bridgehead atoms. The number of nitrogens with one attached hydrogen (secondary N) is 1. The monoisotopic (exact) mass is 307 g/mol. The van der Waals surface area contributed by atoms with Crippen molar-refractivity contribution in [3.63, 3.8) is 0 Å². The molecule has 0 aromatic heterocycles. The van der Waals surface area contributed by atoms with Crippen molar-refractivity contribution in [1.82, 2.24) is 4.90 Å². The molecule has 0 radical (unpaired) electrons. The predicted molar refractivity (Wildman–Crippen MR) is 78.8 cm³/mol. The predicted octanol–water partition coefficient (Wildman–Crippen LogP) is 3.28. The second kappa shape index (κ2) is 4.86. The Bertz CT molecular complexity index is 610. The summed E-state index contributed by atoms with van der Waals surface area (Å²) in [7, 11) is 3.37. The minimum atomic E-state index is -0.196. The topological polar surface area (TPSA) is 58.4 Å². The molecule has 0 aliphatic heterocycles. The van der Waals surface area contributed by atoms with Crippen LogP contribution < -0.4 is 11.1 Å². The molecular weight excluding hydrogens is 294 g/mol. The second-order valence-corrected chi connectivity index (χ2v) is 5.13. The van der Waals surface area contributed by atoms with E-state index in [1.165, 1.54) is 4.90 Å². The molecule has 0 unspecified atom stereocenters. The molecule has 18 heavy (non-hydrogen) atoms. The fraction of sp³-hybridized carbons (Fsp3) is 0.154. The summed E-state index contributed by atoms with van der Waals surface area (Å²) in [4.78, 5) is 13.1. The second-order valence-electron chi connectivity index (χ2n) is 4.22. The normalized spacial score (nSPS) is 10.4. The van der Waals surface area contributed by atoms with Gasteiger partial charge < -0.3 is 16.0 Å². The van der Waals surface area contributed by atoms with Crippen molar-refractivity contribution in [3.05, 3.63) is 34.8 Å². The molecule has 2 rings (SSSR count). The summed E-state index contributed by atoms with van der Waals surface area (Å²) in [5.41, 5.74) is 7.28. The van der Waals surface area contributed by atoms with Crippen molar-refractivity contribution in [2.24, 2.45) is 0 Å². The molecule has 0 spiro atoms. The Labute approximate surface area is 114 Å². The number of rotatable bonds is 1. The van der Waals surface area contributed by atoms with Gasteiger partial charge in [-0.3, -0.25) is 0 Å². The van der Waals surface area contributed by atoms with Gasteiger partial charge in [0.2, 0.25) is 0 Å². The highest BCUT2D eigenvalue weighted by Crippen LogP contribution is 2.30. The number of hydrogen-bond donors (Lipinski definition) is 2. The standard InChI is InChI=1S/C13H14BrN3O/c1-17(2)13(18)16-11-6-3-8-7-9(14)4-5-10(8)12(11)15/h3-7H,15H2,1-2H3,(H,16,18). The minimum Gasteiger partial charge on any atom is -0.397 e. The van der Waals surface area contributed by atoms with Gasteiger partial charge in [-0.25, -0.2) is 4.79 Å². The first kappa shape index (κ1) is 12.7. The van der Waals surface area contributed by atoms with Crippen molar-refractivity contribution in [2.75, 3.05) is 25.1 Å².